The molecule has 98 valence electrons. The molecule has 0 aromatic carbocycles. The van der Waals surface area contributed by atoms with E-state index in [4.69, 9.17) is 4.74 Å². The highest BCUT2D eigenvalue weighted by molar-refractivity contribution is 5.75. The van der Waals surface area contributed by atoms with Crippen molar-refractivity contribution in [2.75, 3.05) is 46.9 Å². The zero-order valence-corrected chi connectivity index (χ0v) is 11.3. The Morgan fingerprint density at radius 2 is 2.00 bits per heavy atom. The van der Waals surface area contributed by atoms with Crippen LogP contribution in [-0.4, -0.2) is 79.3 Å². The normalized spacial score (nSPS) is 23.9. The van der Waals surface area contributed by atoms with Gasteiger partial charge in [-0.1, -0.05) is 0 Å². The lowest BCUT2D eigenvalue weighted by atomic mass is 9.86. The van der Waals surface area contributed by atoms with Gasteiger partial charge in [0.05, 0.1) is 18.8 Å². The first-order valence-corrected chi connectivity index (χ1v) is 6.27. The van der Waals surface area contributed by atoms with Crippen LogP contribution in [0.25, 0.3) is 0 Å². The second-order valence-corrected chi connectivity index (χ2v) is 5.60. The maximum atomic E-state index is 12.2. The largest absolute Gasteiger partial charge is 0.377 e. The third-order valence-corrected chi connectivity index (χ3v) is 3.74. The van der Waals surface area contributed by atoms with Crippen molar-refractivity contribution in [3.05, 3.63) is 0 Å². The molecule has 2 rings (SSSR count). The highest BCUT2D eigenvalue weighted by atomic mass is 16.5. The Hall–Kier alpha value is -0.810. The predicted octanol–water partition coefficient (Wildman–Crippen LogP) is 0.463. The molecule has 5 heteroatoms. The molecule has 0 radical (unpaired) electrons. The molecule has 0 aromatic rings. The summed E-state index contributed by atoms with van der Waals surface area (Å²) >= 11 is 0. The van der Waals surface area contributed by atoms with Crippen LogP contribution in [0.2, 0.25) is 0 Å². The summed E-state index contributed by atoms with van der Waals surface area (Å²) in [6, 6.07) is 0.649. The molecule has 2 aliphatic rings. The van der Waals surface area contributed by atoms with E-state index in [0.29, 0.717) is 25.8 Å². The van der Waals surface area contributed by atoms with Crippen molar-refractivity contribution in [1.82, 2.24) is 14.7 Å². The summed E-state index contributed by atoms with van der Waals surface area (Å²) in [6.45, 7) is 8.29. The van der Waals surface area contributed by atoms with E-state index in [2.05, 4.69) is 18.7 Å². The van der Waals surface area contributed by atoms with Crippen LogP contribution in [0.15, 0.2) is 0 Å². The number of hydrogen-bond acceptors (Lipinski definition) is 3. The van der Waals surface area contributed by atoms with Gasteiger partial charge in [0.2, 0.25) is 0 Å². The summed E-state index contributed by atoms with van der Waals surface area (Å²) in [5.74, 6) is 0. The van der Waals surface area contributed by atoms with E-state index in [0.717, 1.165) is 13.1 Å². The van der Waals surface area contributed by atoms with Crippen LogP contribution in [-0.2, 0) is 4.74 Å². The number of rotatable bonds is 1. The van der Waals surface area contributed by atoms with E-state index < -0.39 is 0 Å². The molecule has 0 saturated carbocycles. The first-order chi connectivity index (χ1) is 7.96. The van der Waals surface area contributed by atoms with Gasteiger partial charge in [-0.05, 0) is 13.8 Å². The molecule has 2 aliphatic heterocycles. The fourth-order valence-electron chi connectivity index (χ4n) is 2.61. The Labute approximate surface area is 103 Å². The van der Waals surface area contributed by atoms with Gasteiger partial charge in [0, 0.05) is 39.8 Å². The molecule has 5 nitrogen and oxygen atoms in total. The molecule has 0 aromatic heterocycles. The molecule has 0 unspecified atom stereocenters. The highest BCUT2D eigenvalue weighted by Gasteiger charge is 2.52. The molecule has 0 aliphatic carbocycles. The van der Waals surface area contributed by atoms with Gasteiger partial charge in [-0.25, -0.2) is 4.79 Å². The van der Waals surface area contributed by atoms with Crippen LogP contribution in [0.1, 0.15) is 13.8 Å². The molecule has 0 bridgehead atoms. The van der Waals surface area contributed by atoms with Crippen molar-refractivity contribution >= 4 is 6.03 Å². The molecule has 0 atom stereocenters. The van der Waals surface area contributed by atoms with Crippen LogP contribution in [0.4, 0.5) is 4.79 Å². The van der Waals surface area contributed by atoms with Gasteiger partial charge in [-0.15, -0.1) is 0 Å². The quantitative estimate of drug-likeness (QED) is 0.669. The average Bonchev–Trinajstić information content (AvgIpc) is 2.24. The number of carbonyl (C=O) groups is 1. The number of morpholine rings is 1. The van der Waals surface area contributed by atoms with Gasteiger partial charge in [-0.2, -0.15) is 0 Å². The fourth-order valence-corrected chi connectivity index (χ4v) is 2.61. The van der Waals surface area contributed by atoms with Crippen molar-refractivity contribution in [3.8, 4) is 0 Å². The Bertz CT molecular complexity index is 298. The number of carbonyl (C=O) groups excluding carboxylic acids is 1. The third kappa shape index (κ3) is 2.13. The van der Waals surface area contributed by atoms with E-state index in [1.165, 1.54) is 0 Å². The molecule has 17 heavy (non-hydrogen) atoms. The van der Waals surface area contributed by atoms with E-state index >= 15 is 0 Å². The van der Waals surface area contributed by atoms with E-state index in [9.17, 15) is 4.79 Å². The predicted molar refractivity (Wildman–Crippen MR) is 66.0 cm³/mol. The van der Waals surface area contributed by atoms with E-state index in [1.54, 1.807) is 4.90 Å². The highest BCUT2D eigenvalue weighted by Crippen LogP contribution is 2.32. The van der Waals surface area contributed by atoms with Crippen LogP contribution in [0, 0.1) is 0 Å². The van der Waals surface area contributed by atoms with Crippen LogP contribution in [0.3, 0.4) is 0 Å². The molecule has 2 amide bonds. The number of hydrogen-bond donors (Lipinski definition) is 0. The van der Waals surface area contributed by atoms with Gasteiger partial charge < -0.3 is 14.5 Å². The summed E-state index contributed by atoms with van der Waals surface area (Å²) < 4.78 is 5.58. The molecular formula is C12H23N3O2. The van der Waals surface area contributed by atoms with Crippen molar-refractivity contribution < 1.29 is 9.53 Å². The minimum atomic E-state index is -0.0795. The molecule has 2 fully saturated rings. The maximum Gasteiger partial charge on any atom is 0.320 e. The number of urea groups is 1. The monoisotopic (exact) mass is 241 g/mol. The van der Waals surface area contributed by atoms with Crippen molar-refractivity contribution in [1.29, 1.82) is 0 Å². The van der Waals surface area contributed by atoms with Gasteiger partial charge >= 0.3 is 6.03 Å². The maximum absolute atomic E-state index is 12.2. The Morgan fingerprint density at radius 3 is 2.53 bits per heavy atom. The summed E-state index contributed by atoms with van der Waals surface area (Å²) in [7, 11) is 3.62. The third-order valence-electron chi connectivity index (χ3n) is 3.74. The number of amides is 2. The lowest BCUT2D eigenvalue weighted by Gasteiger charge is -2.58. The SMILES string of the molecule is CC(C)N1CC2(COCCN2C(=O)N(C)C)C1. The second kappa shape index (κ2) is 4.46. The Morgan fingerprint density at radius 1 is 1.35 bits per heavy atom. The Balaban J connectivity index is 2.07. The van der Waals surface area contributed by atoms with E-state index in [-0.39, 0.29) is 11.6 Å². The number of ether oxygens (including phenoxy) is 1. The lowest BCUT2D eigenvalue weighted by molar-refractivity contribution is -0.131. The summed E-state index contributed by atoms with van der Waals surface area (Å²) in [5.41, 5.74) is -0.0795. The lowest BCUT2D eigenvalue weighted by Crippen LogP contribution is -2.77. The topological polar surface area (TPSA) is 36.0 Å². The number of likely N-dealkylation sites (tertiary alicyclic amines) is 1. The van der Waals surface area contributed by atoms with Crippen molar-refractivity contribution in [3.63, 3.8) is 0 Å². The van der Waals surface area contributed by atoms with Crippen LogP contribution >= 0.6 is 0 Å². The minimum absolute atomic E-state index is 0.0795. The fraction of sp³-hybridized carbons (Fsp3) is 0.917. The molecule has 1 spiro atoms. The first-order valence-electron chi connectivity index (χ1n) is 6.27. The van der Waals surface area contributed by atoms with Gasteiger partial charge in [0.15, 0.2) is 0 Å². The van der Waals surface area contributed by atoms with Gasteiger partial charge in [-0.3, -0.25) is 4.90 Å². The van der Waals surface area contributed by atoms with Crippen molar-refractivity contribution in [2.24, 2.45) is 0 Å². The molecule has 2 heterocycles. The standard InChI is InChI=1S/C12H23N3O2/c1-10(2)14-7-12(8-14)9-17-6-5-15(12)11(16)13(3)4/h10H,5-9H2,1-4H3. The average molecular weight is 241 g/mol. The molecule has 0 N–H and O–H groups in total. The van der Waals surface area contributed by atoms with Gasteiger partial charge in [0.25, 0.3) is 0 Å². The smallest absolute Gasteiger partial charge is 0.320 e. The first kappa shape index (κ1) is 12.6. The summed E-state index contributed by atoms with van der Waals surface area (Å²) in [6.07, 6.45) is 0. The molecular weight excluding hydrogens is 218 g/mol. The van der Waals surface area contributed by atoms with Crippen LogP contribution in [0.5, 0.6) is 0 Å². The summed E-state index contributed by atoms with van der Waals surface area (Å²) in [5, 5.41) is 0. The zero-order chi connectivity index (χ0) is 12.6. The second-order valence-electron chi connectivity index (χ2n) is 5.60. The zero-order valence-electron chi connectivity index (χ0n) is 11.3. The minimum Gasteiger partial charge on any atom is -0.377 e. The van der Waals surface area contributed by atoms with E-state index in [1.807, 2.05) is 19.0 Å². The number of nitrogens with zero attached hydrogens (tertiary/aromatic N) is 3. The molecule has 2 saturated heterocycles. The van der Waals surface area contributed by atoms with Crippen LogP contribution < -0.4 is 0 Å². The summed E-state index contributed by atoms with van der Waals surface area (Å²) in [4.78, 5) is 18.2. The Kier molecular flexibility index (Phi) is 3.32. The van der Waals surface area contributed by atoms with Crippen molar-refractivity contribution in [2.45, 2.75) is 25.4 Å². The van der Waals surface area contributed by atoms with Gasteiger partial charge in [0.1, 0.15) is 0 Å².